The zero-order valence-electron chi connectivity index (χ0n) is 15.2. The largest absolute Gasteiger partial charge is 0.384 e. The highest BCUT2D eigenvalue weighted by Crippen LogP contribution is 2.18. The molecule has 0 N–H and O–H groups in total. The fourth-order valence-electron chi connectivity index (χ4n) is 2.15. The molecule has 0 atom stereocenters. The highest BCUT2D eigenvalue weighted by atomic mass is 32.2. The molecule has 0 saturated carbocycles. The molecular weight excluding hydrogens is 360 g/mol. The third-order valence-corrected chi connectivity index (χ3v) is 5.39. The summed E-state index contributed by atoms with van der Waals surface area (Å²) in [7, 11) is 2.37. The van der Waals surface area contributed by atoms with Gasteiger partial charge < -0.3 is 14.2 Å². The van der Waals surface area contributed by atoms with Crippen LogP contribution in [0.25, 0.3) is 0 Å². The maximum Gasteiger partial charge on any atom is 0.253 e. The summed E-state index contributed by atoms with van der Waals surface area (Å²) in [6, 6.07) is 5.90. The van der Waals surface area contributed by atoms with Crippen LogP contribution in [0.15, 0.2) is 33.7 Å². The summed E-state index contributed by atoms with van der Waals surface area (Å²) in [6.45, 7) is 0.369. The van der Waals surface area contributed by atoms with Crippen LogP contribution in [0.4, 0.5) is 0 Å². The fraction of sp³-hybridized carbons (Fsp3) is 0.438. The molecule has 0 aliphatic rings. The van der Waals surface area contributed by atoms with Crippen LogP contribution in [-0.2, 0) is 27.7 Å². The SMILES string of the molecule is COCCc1noc(CN(C)S(=O)(=O)c2cccc(C(=O)N(C)C)c2)n1. The number of methoxy groups -OCH3 is 1. The third kappa shape index (κ3) is 4.65. The highest BCUT2D eigenvalue weighted by molar-refractivity contribution is 7.89. The van der Waals surface area contributed by atoms with Gasteiger partial charge >= 0.3 is 0 Å². The minimum atomic E-state index is -3.82. The van der Waals surface area contributed by atoms with Crippen molar-refractivity contribution < 1.29 is 22.5 Å². The summed E-state index contributed by atoms with van der Waals surface area (Å²) in [6.07, 6.45) is 0.477. The van der Waals surface area contributed by atoms with Crippen LogP contribution < -0.4 is 0 Å². The van der Waals surface area contributed by atoms with Crippen molar-refractivity contribution in [3.8, 4) is 0 Å². The van der Waals surface area contributed by atoms with Crippen molar-refractivity contribution in [1.82, 2.24) is 19.3 Å². The van der Waals surface area contributed by atoms with Gasteiger partial charge in [-0.25, -0.2) is 8.42 Å². The summed E-state index contributed by atoms with van der Waals surface area (Å²) in [5.74, 6) is 0.360. The lowest BCUT2D eigenvalue weighted by Gasteiger charge is -2.16. The Morgan fingerprint density at radius 2 is 2.00 bits per heavy atom. The topological polar surface area (TPSA) is 106 Å². The van der Waals surface area contributed by atoms with Gasteiger partial charge in [0.15, 0.2) is 5.82 Å². The zero-order chi connectivity index (χ0) is 19.3. The Labute approximate surface area is 152 Å². The third-order valence-electron chi connectivity index (χ3n) is 3.59. The lowest BCUT2D eigenvalue weighted by atomic mass is 10.2. The maximum absolute atomic E-state index is 12.8. The average molecular weight is 382 g/mol. The van der Waals surface area contributed by atoms with E-state index in [-0.39, 0.29) is 23.2 Å². The van der Waals surface area contributed by atoms with E-state index in [1.165, 1.54) is 30.1 Å². The molecule has 1 heterocycles. The van der Waals surface area contributed by atoms with Gasteiger partial charge in [0.25, 0.3) is 5.91 Å². The quantitative estimate of drug-likeness (QED) is 0.664. The number of sulfonamides is 1. The number of carbonyl (C=O) groups excluding carboxylic acids is 1. The number of amides is 1. The zero-order valence-corrected chi connectivity index (χ0v) is 16.0. The van der Waals surface area contributed by atoms with Crippen molar-refractivity contribution in [2.45, 2.75) is 17.9 Å². The number of benzene rings is 1. The second-order valence-electron chi connectivity index (χ2n) is 5.84. The van der Waals surface area contributed by atoms with Crippen molar-refractivity contribution >= 4 is 15.9 Å². The van der Waals surface area contributed by atoms with E-state index < -0.39 is 10.0 Å². The summed E-state index contributed by atoms with van der Waals surface area (Å²) in [5.41, 5.74) is 0.295. The van der Waals surface area contributed by atoms with Gasteiger partial charge in [0.1, 0.15) is 0 Å². The molecule has 26 heavy (non-hydrogen) atoms. The molecule has 0 aliphatic carbocycles. The molecule has 1 amide bonds. The molecule has 0 unspecified atom stereocenters. The fourth-order valence-corrected chi connectivity index (χ4v) is 3.32. The minimum Gasteiger partial charge on any atom is -0.384 e. The average Bonchev–Trinajstić information content (AvgIpc) is 3.06. The number of rotatable bonds is 8. The number of hydrogen-bond donors (Lipinski definition) is 0. The number of carbonyl (C=O) groups is 1. The second-order valence-corrected chi connectivity index (χ2v) is 7.88. The summed E-state index contributed by atoms with van der Waals surface area (Å²) < 4.78 is 36.6. The smallest absolute Gasteiger partial charge is 0.253 e. The Morgan fingerprint density at radius 1 is 1.27 bits per heavy atom. The molecule has 1 aromatic carbocycles. The van der Waals surface area contributed by atoms with Gasteiger partial charge in [0.2, 0.25) is 15.9 Å². The summed E-state index contributed by atoms with van der Waals surface area (Å²) in [5, 5.41) is 3.78. The first-order valence-electron chi connectivity index (χ1n) is 7.84. The summed E-state index contributed by atoms with van der Waals surface area (Å²) >= 11 is 0. The van der Waals surface area contributed by atoms with Crippen molar-refractivity contribution in [3.05, 3.63) is 41.5 Å². The van der Waals surface area contributed by atoms with Crippen LogP contribution in [0.3, 0.4) is 0 Å². The maximum atomic E-state index is 12.8. The van der Waals surface area contributed by atoms with Crippen LogP contribution in [-0.4, -0.2) is 68.5 Å². The Bertz CT molecular complexity index is 863. The van der Waals surface area contributed by atoms with Gasteiger partial charge in [0, 0.05) is 40.2 Å². The van der Waals surface area contributed by atoms with E-state index >= 15 is 0 Å². The van der Waals surface area contributed by atoms with Gasteiger partial charge in [-0.1, -0.05) is 11.2 Å². The number of nitrogens with zero attached hydrogens (tertiary/aromatic N) is 4. The molecular formula is C16H22N4O5S. The first-order valence-corrected chi connectivity index (χ1v) is 9.28. The van der Waals surface area contributed by atoms with E-state index in [4.69, 9.17) is 9.26 Å². The summed E-state index contributed by atoms with van der Waals surface area (Å²) in [4.78, 5) is 17.6. The molecule has 9 nitrogen and oxygen atoms in total. The molecule has 2 aromatic rings. The van der Waals surface area contributed by atoms with E-state index in [1.807, 2.05) is 0 Å². The lowest BCUT2D eigenvalue weighted by Crippen LogP contribution is -2.27. The standard InChI is InChI=1S/C16H22N4O5S/c1-19(2)16(21)12-6-5-7-13(10-12)26(22,23)20(3)11-15-17-14(18-25-15)8-9-24-4/h5-7,10H,8-9,11H2,1-4H3. The van der Waals surface area contributed by atoms with Gasteiger partial charge in [-0.15, -0.1) is 0 Å². The van der Waals surface area contributed by atoms with Crippen LogP contribution in [0.2, 0.25) is 0 Å². The molecule has 0 saturated heterocycles. The molecule has 0 bridgehead atoms. The first-order chi connectivity index (χ1) is 12.3. The Morgan fingerprint density at radius 3 is 2.65 bits per heavy atom. The molecule has 142 valence electrons. The monoisotopic (exact) mass is 382 g/mol. The Kier molecular flexibility index (Phi) is 6.46. The van der Waals surface area contributed by atoms with E-state index in [0.29, 0.717) is 24.4 Å². The second kappa shape index (κ2) is 8.39. The molecule has 0 spiro atoms. The minimum absolute atomic E-state index is 0.0202. The van der Waals surface area contributed by atoms with E-state index in [0.717, 1.165) is 4.31 Å². The van der Waals surface area contributed by atoms with Crippen molar-refractivity contribution in [2.75, 3.05) is 34.9 Å². The first kappa shape index (κ1) is 20.0. The van der Waals surface area contributed by atoms with Crippen LogP contribution >= 0.6 is 0 Å². The van der Waals surface area contributed by atoms with Crippen LogP contribution in [0.1, 0.15) is 22.1 Å². The van der Waals surface area contributed by atoms with Gasteiger partial charge in [-0.2, -0.15) is 9.29 Å². The molecule has 0 radical (unpaired) electrons. The van der Waals surface area contributed by atoms with Gasteiger partial charge in [-0.3, -0.25) is 4.79 Å². The molecule has 0 aliphatic heterocycles. The van der Waals surface area contributed by atoms with E-state index in [2.05, 4.69) is 10.1 Å². The highest BCUT2D eigenvalue weighted by Gasteiger charge is 2.24. The molecule has 0 fully saturated rings. The number of aromatic nitrogens is 2. The normalized spacial score (nSPS) is 11.7. The van der Waals surface area contributed by atoms with Crippen molar-refractivity contribution in [2.24, 2.45) is 0 Å². The Balaban J connectivity index is 2.17. The van der Waals surface area contributed by atoms with E-state index in [9.17, 15) is 13.2 Å². The molecule has 10 heteroatoms. The Hall–Kier alpha value is -2.30. The molecule has 1 aromatic heterocycles. The van der Waals surface area contributed by atoms with Crippen LogP contribution in [0, 0.1) is 0 Å². The lowest BCUT2D eigenvalue weighted by molar-refractivity contribution is 0.0827. The van der Waals surface area contributed by atoms with Gasteiger partial charge in [-0.05, 0) is 18.2 Å². The van der Waals surface area contributed by atoms with Crippen molar-refractivity contribution in [3.63, 3.8) is 0 Å². The predicted molar refractivity (Wildman–Crippen MR) is 93.0 cm³/mol. The van der Waals surface area contributed by atoms with Crippen LogP contribution in [0.5, 0.6) is 0 Å². The number of ether oxygens (including phenoxy) is 1. The molecule has 2 rings (SSSR count). The number of hydrogen-bond acceptors (Lipinski definition) is 7. The predicted octanol–water partition coefficient (Wildman–Crippen LogP) is 0.781. The van der Waals surface area contributed by atoms with Crippen molar-refractivity contribution in [1.29, 1.82) is 0 Å². The van der Waals surface area contributed by atoms with Gasteiger partial charge in [0.05, 0.1) is 18.0 Å². The van der Waals surface area contributed by atoms with E-state index in [1.54, 1.807) is 27.3 Å².